The minimum Gasteiger partial charge on any atom is -0.480 e. The van der Waals surface area contributed by atoms with Gasteiger partial charge in [0.15, 0.2) is 17.0 Å². The Balaban J connectivity index is 1.40. The number of aromatic hydroxyl groups is 1. The maximum absolute atomic E-state index is 12.3. The summed E-state index contributed by atoms with van der Waals surface area (Å²) in [6.45, 7) is 7.04. The molecule has 11 nitrogen and oxygen atoms in total. The summed E-state index contributed by atoms with van der Waals surface area (Å²) < 4.78 is 17.9. The SMILES string of the molecule is CCCCOc1nc(N)c2nc(O)n(Cc3cccc(CC(=O)OCCN4CCOCC4)c3)c2n1. The standard InChI is InChI=1S/C24H32N6O5/c1-2-3-10-35-23-27-21(25)20-22(28-23)30(24(32)26-20)16-18-6-4-5-17(14-18)15-19(31)34-13-9-29-7-11-33-12-8-29/h4-6,14H,2-3,7-13,15-16H2,1H3,(H,26,32)(H2,25,27,28). The smallest absolute Gasteiger partial charge is 0.320 e. The molecule has 0 bridgehead atoms. The van der Waals surface area contributed by atoms with Gasteiger partial charge in [-0.15, -0.1) is 0 Å². The number of unbranched alkanes of at least 4 members (excludes halogenated alkanes) is 1. The number of hydrogen-bond acceptors (Lipinski definition) is 10. The van der Waals surface area contributed by atoms with E-state index in [1.165, 1.54) is 0 Å². The van der Waals surface area contributed by atoms with Crippen LogP contribution in [0.25, 0.3) is 11.2 Å². The molecule has 3 aromatic rings. The van der Waals surface area contributed by atoms with E-state index in [2.05, 4.69) is 26.8 Å². The van der Waals surface area contributed by atoms with E-state index in [0.29, 0.717) is 44.1 Å². The lowest BCUT2D eigenvalue weighted by atomic mass is 10.1. The molecule has 0 saturated carbocycles. The third-order valence-electron chi connectivity index (χ3n) is 5.76. The number of anilines is 1. The fourth-order valence-corrected chi connectivity index (χ4v) is 3.86. The second-order valence-electron chi connectivity index (χ2n) is 8.43. The van der Waals surface area contributed by atoms with Crippen LogP contribution in [0, 0.1) is 0 Å². The number of fused-ring (bicyclic) bond motifs is 1. The molecule has 0 spiro atoms. The van der Waals surface area contributed by atoms with Gasteiger partial charge in [0.25, 0.3) is 6.01 Å². The van der Waals surface area contributed by atoms with Crippen LogP contribution in [0.1, 0.15) is 30.9 Å². The van der Waals surface area contributed by atoms with Crippen molar-refractivity contribution in [3.63, 3.8) is 0 Å². The highest BCUT2D eigenvalue weighted by atomic mass is 16.5. The van der Waals surface area contributed by atoms with Gasteiger partial charge in [0.2, 0.25) is 0 Å². The summed E-state index contributed by atoms with van der Waals surface area (Å²) in [6, 6.07) is 7.47. The Morgan fingerprint density at radius 1 is 1.17 bits per heavy atom. The molecule has 3 N–H and O–H groups in total. The molecule has 4 rings (SSSR count). The summed E-state index contributed by atoms with van der Waals surface area (Å²) in [6.07, 6.45) is 2.01. The number of aromatic nitrogens is 4. The van der Waals surface area contributed by atoms with Crippen LogP contribution in [0.15, 0.2) is 24.3 Å². The summed E-state index contributed by atoms with van der Waals surface area (Å²) in [5.41, 5.74) is 8.40. The van der Waals surface area contributed by atoms with Crippen LogP contribution < -0.4 is 10.5 Å². The van der Waals surface area contributed by atoms with Crippen molar-refractivity contribution in [1.82, 2.24) is 24.4 Å². The highest BCUT2D eigenvalue weighted by Crippen LogP contribution is 2.26. The average Bonchev–Trinajstić information content (AvgIpc) is 3.16. The molecule has 1 aliphatic rings. The van der Waals surface area contributed by atoms with Crippen LogP contribution in [-0.4, -0.2) is 81.6 Å². The molecular formula is C24H32N6O5. The van der Waals surface area contributed by atoms with E-state index >= 15 is 0 Å². The van der Waals surface area contributed by atoms with Crippen molar-refractivity contribution in [2.45, 2.75) is 32.7 Å². The van der Waals surface area contributed by atoms with Gasteiger partial charge >= 0.3 is 12.0 Å². The molecule has 3 heterocycles. The number of benzene rings is 1. The molecule has 35 heavy (non-hydrogen) atoms. The molecule has 0 aliphatic carbocycles. The van der Waals surface area contributed by atoms with Crippen molar-refractivity contribution in [2.24, 2.45) is 0 Å². The second kappa shape index (κ2) is 11.8. The Bertz CT molecular complexity index is 1140. The van der Waals surface area contributed by atoms with Crippen molar-refractivity contribution >= 4 is 23.0 Å². The van der Waals surface area contributed by atoms with E-state index in [4.69, 9.17) is 19.9 Å². The fourth-order valence-electron chi connectivity index (χ4n) is 3.86. The summed E-state index contributed by atoms with van der Waals surface area (Å²) >= 11 is 0. The molecule has 0 amide bonds. The van der Waals surface area contributed by atoms with E-state index in [9.17, 15) is 9.90 Å². The zero-order chi connectivity index (χ0) is 24.6. The quantitative estimate of drug-likeness (QED) is 0.306. The summed E-state index contributed by atoms with van der Waals surface area (Å²) in [4.78, 5) is 27.2. The maximum Gasteiger partial charge on any atom is 0.320 e. The van der Waals surface area contributed by atoms with Crippen LogP contribution in [0.3, 0.4) is 0 Å². The lowest BCUT2D eigenvalue weighted by molar-refractivity contribution is -0.143. The van der Waals surface area contributed by atoms with E-state index in [1.807, 2.05) is 24.3 Å². The van der Waals surface area contributed by atoms with Gasteiger partial charge < -0.3 is 25.1 Å². The first-order valence-corrected chi connectivity index (χ1v) is 11.9. The first-order valence-electron chi connectivity index (χ1n) is 11.9. The molecule has 0 atom stereocenters. The number of nitrogens with zero attached hydrogens (tertiary/aromatic N) is 5. The fraction of sp³-hybridized carbons (Fsp3) is 0.500. The zero-order valence-electron chi connectivity index (χ0n) is 20.0. The molecule has 1 saturated heterocycles. The van der Waals surface area contributed by atoms with E-state index in [1.54, 1.807) is 4.57 Å². The van der Waals surface area contributed by atoms with Crippen LogP contribution in [-0.2, 0) is 27.2 Å². The van der Waals surface area contributed by atoms with Gasteiger partial charge in [-0.2, -0.15) is 15.0 Å². The zero-order valence-corrected chi connectivity index (χ0v) is 20.0. The van der Waals surface area contributed by atoms with Crippen molar-refractivity contribution in [1.29, 1.82) is 0 Å². The minimum absolute atomic E-state index is 0.143. The Labute approximate surface area is 203 Å². The third-order valence-corrected chi connectivity index (χ3v) is 5.76. The van der Waals surface area contributed by atoms with Gasteiger partial charge in [-0.05, 0) is 17.5 Å². The largest absolute Gasteiger partial charge is 0.480 e. The first-order chi connectivity index (χ1) is 17.0. The van der Waals surface area contributed by atoms with Crippen molar-refractivity contribution in [2.75, 3.05) is 51.8 Å². The summed E-state index contributed by atoms with van der Waals surface area (Å²) in [7, 11) is 0. The van der Waals surface area contributed by atoms with Gasteiger partial charge in [-0.3, -0.25) is 14.3 Å². The number of rotatable bonds is 11. The van der Waals surface area contributed by atoms with E-state index < -0.39 is 0 Å². The summed E-state index contributed by atoms with van der Waals surface area (Å²) in [5.74, 6) is -0.134. The molecule has 2 aromatic heterocycles. The summed E-state index contributed by atoms with van der Waals surface area (Å²) in [5, 5.41) is 10.4. The normalized spacial score (nSPS) is 14.3. The molecule has 1 aliphatic heterocycles. The first kappa shape index (κ1) is 24.7. The van der Waals surface area contributed by atoms with Crippen LogP contribution in [0.2, 0.25) is 0 Å². The van der Waals surface area contributed by atoms with E-state index in [0.717, 1.165) is 37.1 Å². The molecule has 11 heteroatoms. The lowest BCUT2D eigenvalue weighted by Crippen LogP contribution is -2.38. The second-order valence-corrected chi connectivity index (χ2v) is 8.43. The molecule has 188 valence electrons. The van der Waals surface area contributed by atoms with Crippen LogP contribution >= 0.6 is 0 Å². The average molecular weight is 485 g/mol. The third kappa shape index (κ3) is 6.58. The molecule has 1 aromatic carbocycles. The molecule has 0 radical (unpaired) electrons. The Morgan fingerprint density at radius 2 is 1.97 bits per heavy atom. The van der Waals surface area contributed by atoms with Gasteiger partial charge in [0, 0.05) is 19.6 Å². The topological polar surface area (TPSA) is 138 Å². The number of ether oxygens (including phenoxy) is 3. The number of nitrogen functional groups attached to an aromatic ring is 1. The van der Waals surface area contributed by atoms with Gasteiger partial charge in [0.05, 0.1) is 32.8 Å². The Hall–Kier alpha value is -3.44. The molecular weight excluding hydrogens is 452 g/mol. The minimum atomic E-state index is -0.277. The van der Waals surface area contributed by atoms with Gasteiger partial charge in [-0.1, -0.05) is 37.6 Å². The predicted molar refractivity (Wildman–Crippen MR) is 129 cm³/mol. The number of nitrogens with two attached hydrogens (primary N) is 1. The van der Waals surface area contributed by atoms with Crippen molar-refractivity contribution < 1.29 is 24.1 Å². The molecule has 0 unspecified atom stereocenters. The highest BCUT2D eigenvalue weighted by Gasteiger charge is 2.18. The maximum atomic E-state index is 12.3. The number of carbonyl (C=O) groups excluding carboxylic acids is 1. The number of morpholine rings is 1. The van der Waals surface area contributed by atoms with Crippen molar-refractivity contribution in [3.8, 4) is 12.0 Å². The number of carbonyl (C=O) groups is 1. The highest BCUT2D eigenvalue weighted by molar-refractivity contribution is 5.83. The van der Waals surface area contributed by atoms with Gasteiger partial charge in [-0.25, -0.2) is 0 Å². The van der Waals surface area contributed by atoms with E-state index in [-0.39, 0.29) is 36.8 Å². The number of hydrogen-bond donors (Lipinski definition) is 2. The van der Waals surface area contributed by atoms with Crippen LogP contribution in [0.4, 0.5) is 5.82 Å². The lowest BCUT2D eigenvalue weighted by Gasteiger charge is -2.26. The monoisotopic (exact) mass is 484 g/mol. The molecule has 1 fully saturated rings. The van der Waals surface area contributed by atoms with Crippen LogP contribution in [0.5, 0.6) is 12.0 Å². The Morgan fingerprint density at radius 3 is 2.77 bits per heavy atom. The number of imidazole rings is 1. The Kier molecular flexibility index (Phi) is 8.32. The van der Waals surface area contributed by atoms with Crippen molar-refractivity contribution in [3.05, 3.63) is 35.4 Å². The predicted octanol–water partition coefficient (Wildman–Crippen LogP) is 1.76. The number of esters is 1. The van der Waals surface area contributed by atoms with Gasteiger partial charge in [0.1, 0.15) is 6.61 Å².